The fourth-order valence-corrected chi connectivity index (χ4v) is 1.56. The van der Waals surface area contributed by atoms with Crippen LogP contribution in [0.2, 0.25) is 0 Å². The first-order valence-electron chi connectivity index (χ1n) is 6.60. The van der Waals surface area contributed by atoms with E-state index in [1.807, 2.05) is 6.92 Å². The normalized spacial score (nSPS) is 12.1. The molecule has 1 amide bonds. The van der Waals surface area contributed by atoms with Crippen LogP contribution in [-0.4, -0.2) is 50.1 Å². The van der Waals surface area contributed by atoms with Crippen LogP contribution < -0.4 is 11.1 Å². The number of hydrogen-bond donors (Lipinski definition) is 3. The van der Waals surface area contributed by atoms with Crippen molar-refractivity contribution in [2.75, 3.05) is 38.3 Å². The highest BCUT2D eigenvalue weighted by molar-refractivity contribution is 5.93. The topological polar surface area (TPSA) is 93.8 Å². The molecule has 1 rings (SSSR count). The van der Waals surface area contributed by atoms with Gasteiger partial charge in [-0.3, -0.25) is 4.79 Å². The van der Waals surface area contributed by atoms with Gasteiger partial charge in [-0.05, 0) is 25.1 Å². The zero-order chi connectivity index (χ0) is 14.8. The molecule has 0 aliphatic rings. The Morgan fingerprint density at radius 1 is 1.40 bits per heavy atom. The minimum atomic E-state index is -0.631. The summed E-state index contributed by atoms with van der Waals surface area (Å²) in [7, 11) is 0. The number of amides is 1. The number of aliphatic hydroxyl groups is 1. The van der Waals surface area contributed by atoms with Crippen LogP contribution in [0.5, 0.6) is 0 Å². The van der Waals surface area contributed by atoms with Crippen molar-refractivity contribution >= 4 is 11.6 Å². The summed E-state index contributed by atoms with van der Waals surface area (Å²) in [4.78, 5) is 11.0. The Balaban J connectivity index is 2.25. The van der Waals surface area contributed by atoms with E-state index < -0.39 is 12.0 Å². The Morgan fingerprint density at radius 3 is 2.85 bits per heavy atom. The van der Waals surface area contributed by atoms with Crippen LogP contribution in [0.4, 0.5) is 5.69 Å². The predicted octanol–water partition coefficient (Wildman–Crippen LogP) is 0.611. The maximum absolute atomic E-state index is 11.0. The fourth-order valence-electron chi connectivity index (χ4n) is 1.56. The van der Waals surface area contributed by atoms with Crippen LogP contribution in [-0.2, 0) is 9.47 Å². The molecule has 0 heterocycles. The number of ether oxygens (including phenoxy) is 2. The standard InChI is InChI=1S/C14H22N2O4/c1-2-19-6-7-20-10-13(17)9-16-12-5-3-4-11(8-12)14(15)18/h3-5,8,13,16-17H,2,6-7,9-10H2,1H3,(H2,15,18). The van der Waals surface area contributed by atoms with E-state index in [1.165, 1.54) is 0 Å². The van der Waals surface area contributed by atoms with Gasteiger partial charge in [-0.15, -0.1) is 0 Å². The minimum absolute atomic E-state index is 0.232. The van der Waals surface area contributed by atoms with Gasteiger partial charge in [-0.2, -0.15) is 0 Å². The van der Waals surface area contributed by atoms with Crippen molar-refractivity contribution in [1.29, 1.82) is 0 Å². The van der Waals surface area contributed by atoms with E-state index in [1.54, 1.807) is 24.3 Å². The van der Waals surface area contributed by atoms with E-state index in [-0.39, 0.29) is 6.61 Å². The summed E-state index contributed by atoms with van der Waals surface area (Å²) in [6.45, 7) is 4.12. The fraction of sp³-hybridized carbons (Fsp3) is 0.500. The Kier molecular flexibility index (Phi) is 7.64. The van der Waals surface area contributed by atoms with E-state index in [0.29, 0.717) is 31.9 Å². The van der Waals surface area contributed by atoms with Gasteiger partial charge in [0, 0.05) is 24.4 Å². The summed E-state index contributed by atoms with van der Waals surface area (Å²) >= 11 is 0. The molecule has 1 aromatic carbocycles. The first kappa shape index (κ1) is 16.4. The molecule has 1 atom stereocenters. The van der Waals surface area contributed by atoms with Crippen molar-refractivity contribution in [3.63, 3.8) is 0 Å². The van der Waals surface area contributed by atoms with E-state index in [2.05, 4.69) is 5.32 Å². The van der Waals surface area contributed by atoms with Crippen molar-refractivity contribution in [2.24, 2.45) is 5.73 Å². The zero-order valence-corrected chi connectivity index (χ0v) is 11.7. The van der Waals surface area contributed by atoms with E-state index >= 15 is 0 Å². The minimum Gasteiger partial charge on any atom is -0.389 e. The van der Waals surface area contributed by atoms with Crippen LogP contribution in [0.1, 0.15) is 17.3 Å². The maximum atomic E-state index is 11.0. The molecule has 0 aromatic heterocycles. The van der Waals surface area contributed by atoms with E-state index in [9.17, 15) is 9.90 Å². The molecular weight excluding hydrogens is 260 g/mol. The summed E-state index contributed by atoms with van der Waals surface area (Å²) in [5, 5.41) is 12.7. The number of hydrogen-bond acceptors (Lipinski definition) is 5. The van der Waals surface area contributed by atoms with Crippen LogP contribution >= 0.6 is 0 Å². The summed E-state index contributed by atoms with van der Waals surface area (Å²) in [5.41, 5.74) is 6.36. The molecule has 0 fully saturated rings. The van der Waals surface area contributed by atoms with Crippen molar-refractivity contribution < 1.29 is 19.4 Å². The van der Waals surface area contributed by atoms with Gasteiger partial charge in [0.05, 0.1) is 25.9 Å². The highest BCUT2D eigenvalue weighted by Crippen LogP contribution is 2.10. The largest absolute Gasteiger partial charge is 0.389 e. The predicted molar refractivity (Wildman–Crippen MR) is 76.8 cm³/mol. The number of rotatable bonds is 10. The second kappa shape index (κ2) is 9.30. The van der Waals surface area contributed by atoms with Crippen LogP contribution in [0.3, 0.4) is 0 Å². The molecule has 4 N–H and O–H groups in total. The molecule has 6 heteroatoms. The molecule has 0 spiro atoms. The highest BCUT2D eigenvalue weighted by atomic mass is 16.5. The second-order valence-electron chi connectivity index (χ2n) is 4.25. The number of anilines is 1. The lowest BCUT2D eigenvalue weighted by Crippen LogP contribution is -2.25. The van der Waals surface area contributed by atoms with Gasteiger partial charge in [-0.25, -0.2) is 0 Å². The van der Waals surface area contributed by atoms with Gasteiger partial charge in [0.15, 0.2) is 0 Å². The number of carbonyl (C=O) groups excluding carboxylic acids is 1. The number of benzene rings is 1. The van der Waals surface area contributed by atoms with Gasteiger partial charge < -0.3 is 25.6 Å². The lowest BCUT2D eigenvalue weighted by molar-refractivity contribution is 0.0103. The number of nitrogens with two attached hydrogens (primary N) is 1. The SMILES string of the molecule is CCOCCOCC(O)CNc1cccc(C(N)=O)c1. The monoisotopic (exact) mass is 282 g/mol. The van der Waals surface area contributed by atoms with Crippen molar-refractivity contribution in [3.05, 3.63) is 29.8 Å². The van der Waals surface area contributed by atoms with Gasteiger partial charge in [-0.1, -0.05) is 6.07 Å². The van der Waals surface area contributed by atoms with Crippen LogP contribution in [0.25, 0.3) is 0 Å². The molecule has 0 saturated carbocycles. The maximum Gasteiger partial charge on any atom is 0.248 e. The quantitative estimate of drug-likeness (QED) is 0.547. The third kappa shape index (κ3) is 6.51. The molecule has 0 aliphatic carbocycles. The lowest BCUT2D eigenvalue weighted by Gasteiger charge is -2.13. The van der Waals surface area contributed by atoms with Crippen molar-refractivity contribution in [3.8, 4) is 0 Å². The molecule has 20 heavy (non-hydrogen) atoms. The average Bonchev–Trinajstić information content (AvgIpc) is 2.45. The molecule has 0 bridgehead atoms. The summed E-state index contributed by atoms with van der Waals surface area (Å²) in [6.07, 6.45) is -0.631. The zero-order valence-electron chi connectivity index (χ0n) is 11.7. The van der Waals surface area contributed by atoms with Gasteiger partial charge >= 0.3 is 0 Å². The Bertz CT molecular complexity index is 412. The Labute approximate surface area is 118 Å². The number of aliphatic hydroxyl groups excluding tert-OH is 1. The molecule has 1 aromatic rings. The number of carbonyl (C=O) groups is 1. The summed E-state index contributed by atoms with van der Waals surface area (Å²) < 4.78 is 10.4. The first-order chi connectivity index (χ1) is 9.63. The van der Waals surface area contributed by atoms with Gasteiger partial charge in [0.2, 0.25) is 5.91 Å². The van der Waals surface area contributed by atoms with Gasteiger partial charge in [0.1, 0.15) is 0 Å². The van der Waals surface area contributed by atoms with Crippen LogP contribution in [0, 0.1) is 0 Å². The molecule has 0 saturated heterocycles. The smallest absolute Gasteiger partial charge is 0.248 e. The number of nitrogens with one attached hydrogen (secondary N) is 1. The summed E-state index contributed by atoms with van der Waals surface area (Å²) in [5.74, 6) is -0.478. The van der Waals surface area contributed by atoms with Crippen molar-refractivity contribution in [2.45, 2.75) is 13.0 Å². The third-order valence-corrected chi connectivity index (χ3v) is 2.58. The number of primary amides is 1. The molecule has 112 valence electrons. The van der Waals surface area contributed by atoms with Gasteiger partial charge in [0.25, 0.3) is 0 Å². The molecular formula is C14H22N2O4. The second-order valence-corrected chi connectivity index (χ2v) is 4.25. The van der Waals surface area contributed by atoms with Crippen LogP contribution in [0.15, 0.2) is 24.3 Å². The average molecular weight is 282 g/mol. The first-order valence-corrected chi connectivity index (χ1v) is 6.60. The highest BCUT2D eigenvalue weighted by Gasteiger charge is 2.05. The van der Waals surface area contributed by atoms with Crippen molar-refractivity contribution in [1.82, 2.24) is 0 Å². The van der Waals surface area contributed by atoms with E-state index in [0.717, 1.165) is 5.69 Å². The molecule has 6 nitrogen and oxygen atoms in total. The Morgan fingerprint density at radius 2 is 2.15 bits per heavy atom. The lowest BCUT2D eigenvalue weighted by atomic mass is 10.2. The third-order valence-electron chi connectivity index (χ3n) is 2.58. The summed E-state index contributed by atoms with van der Waals surface area (Å²) in [6, 6.07) is 6.81. The Hall–Kier alpha value is -1.63. The molecule has 0 radical (unpaired) electrons. The molecule has 1 unspecified atom stereocenters. The molecule has 0 aliphatic heterocycles. The van der Waals surface area contributed by atoms with E-state index in [4.69, 9.17) is 15.2 Å².